The molecule has 1 aliphatic rings. The van der Waals surface area contributed by atoms with E-state index in [4.69, 9.17) is 4.42 Å². The minimum absolute atomic E-state index is 0.0782. The first kappa shape index (κ1) is 22.5. The zero-order valence-electron chi connectivity index (χ0n) is 19.6. The lowest BCUT2D eigenvalue weighted by Gasteiger charge is -2.15. The molecule has 0 spiro atoms. The fraction of sp³-hybridized carbons (Fsp3) is 0.214. The van der Waals surface area contributed by atoms with E-state index in [2.05, 4.69) is 20.8 Å². The topological polar surface area (TPSA) is 97.1 Å². The third-order valence-electron chi connectivity index (χ3n) is 6.06. The number of hydrogen-bond acceptors (Lipinski definition) is 5. The molecule has 1 fully saturated rings. The molecule has 5 rings (SSSR count). The maximum absolute atomic E-state index is 12.8. The summed E-state index contributed by atoms with van der Waals surface area (Å²) in [5, 5.41) is 14.2. The predicted octanol–water partition coefficient (Wildman–Crippen LogP) is 5.55. The molecule has 1 aromatic heterocycles. The van der Waals surface area contributed by atoms with Crippen LogP contribution in [0.1, 0.15) is 47.3 Å². The summed E-state index contributed by atoms with van der Waals surface area (Å²) in [5.74, 6) is 0.915. The molecule has 4 aromatic rings. The van der Waals surface area contributed by atoms with Gasteiger partial charge in [-0.05, 0) is 80.8 Å². The molecule has 1 unspecified atom stereocenters. The lowest BCUT2D eigenvalue weighted by Crippen LogP contribution is -2.26. The number of nitrogens with one attached hydrogen (secondary N) is 2. The Hall–Kier alpha value is -4.26. The number of anilines is 1. The fourth-order valence-corrected chi connectivity index (χ4v) is 3.81. The first-order valence-electron chi connectivity index (χ1n) is 11.7. The number of nitrogens with zero attached hydrogens (tertiary/aromatic N) is 2. The number of carbonyl (C=O) groups excluding carboxylic acids is 2. The van der Waals surface area contributed by atoms with Gasteiger partial charge >= 0.3 is 0 Å². The van der Waals surface area contributed by atoms with Gasteiger partial charge in [0.2, 0.25) is 17.7 Å². The molecule has 1 aliphatic carbocycles. The number of aromatic nitrogens is 2. The summed E-state index contributed by atoms with van der Waals surface area (Å²) in [5.41, 5.74) is 4.98. The molecule has 1 saturated carbocycles. The van der Waals surface area contributed by atoms with Gasteiger partial charge in [0, 0.05) is 28.3 Å². The Morgan fingerprint density at radius 1 is 0.914 bits per heavy atom. The molecule has 7 nitrogen and oxygen atoms in total. The van der Waals surface area contributed by atoms with Gasteiger partial charge < -0.3 is 15.1 Å². The Morgan fingerprint density at radius 2 is 1.60 bits per heavy atom. The Balaban J connectivity index is 1.21. The van der Waals surface area contributed by atoms with Crippen LogP contribution < -0.4 is 10.6 Å². The molecular formula is C28H26N4O3. The van der Waals surface area contributed by atoms with E-state index in [0.29, 0.717) is 17.3 Å². The largest absolute Gasteiger partial charge is 0.416 e. The first-order chi connectivity index (χ1) is 17.0. The summed E-state index contributed by atoms with van der Waals surface area (Å²) in [6.45, 7) is 3.94. The Labute approximate surface area is 203 Å². The van der Waals surface area contributed by atoms with Gasteiger partial charge in [-0.15, -0.1) is 10.2 Å². The second-order valence-electron chi connectivity index (χ2n) is 8.94. The number of carbonyl (C=O) groups is 2. The fourth-order valence-electron chi connectivity index (χ4n) is 3.81. The molecule has 1 atom stereocenters. The van der Waals surface area contributed by atoms with E-state index in [0.717, 1.165) is 40.8 Å². The van der Waals surface area contributed by atoms with Gasteiger partial charge in [-0.2, -0.15) is 0 Å². The van der Waals surface area contributed by atoms with Crippen LogP contribution in [0.2, 0.25) is 0 Å². The zero-order valence-corrected chi connectivity index (χ0v) is 19.6. The van der Waals surface area contributed by atoms with Crippen LogP contribution in [-0.2, 0) is 4.79 Å². The van der Waals surface area contributed by atoms with Crippen LogP contribution in [0.25, 0.3) is 22.9 Å². The molecule has 0 bridgehead atoms. The molecule has 1 heterocycles. The lowest BCUT2D eigenvalue weighted by molar-refractivity contribution is -0.117. The summed E-state index contributed by atoms with van der Waals surface area (Å²) >= 11 is 0. The lowest BCUT2D eigenvalue weighted by atomic mass is 10.1. The molecule has 0 aliphatic heterocycles. The van der Waals surface area contributed by atoms with Crippen molar-refractivity contribution >= 4 is 17.5 Å². The third-order valence-corrected chi connectivity index (χ3v) is 6.06. The van der Waals surface area contributed by atoms with E-state index in [9.17, 15) is 9.59 Å². The highest BCUT2D eigenvalue weighted by molar-refractivity contribution is 5.95. The molecule has 35 heavy (non-hydrogen) atoms. The minimum atomic E-state index is -0.191. The van der Waals surface area contributed by atoms with Gasteiger partial charge in [0.25, 0.3) is 5.91 Å². The number of amides is 2. The summed E-state index contributed by atoms with van der Waals surface area (Å²) in [4.78, 5) is 24.7. The van der Waals surface area contributed by atoms with Crippen molar-refractivity contribution in [1.29, 1.82) is 0 Å². The number of benzene rings is 3. The first-order valence-corrected chi connectivity index (χ1v) is 11.7. The van der Waals surface area contributed by atoms with Crippen LogP contribution in [0.3, 0.4) is 0 Å². The van der Waals surface area contributed by atoms with Gasteiger partial charge in [-0.1, -0.05) is 29.8 Å². The van der Waals surface area contributed by atoms with Crippen LogP contribution in [0.5, 0.6) is 0 Å². The number of hydrogen-bond donors (Lipinski definition) is 2. The van der Waals surface area contributed by atoms with Crippen LogP contribution in [0.4, 0.5) is 5.69 Å². The van der Waals surface area contributed by atoms with Crippen molar-refractivity contribution in [1.82, 2.24) is 15.5 Å². The second kappa shape index (κ2) is 9.54. The minimum Gasteiger partial charge on any atom is -0.416 e. The molecule has 0 saturated heterocycles. The standard InChI is InChI=1S/C28H26N4O3/c1-17-4-3-5-23(16-17)28-32-31-27(35-28)22-10-8-20(9-11-22)25(33)29-18(2)19-12-14-24(15-13-19)30-26(34)21-6-7-21/h3-5,8-16,18,21H,6-7H2,1-2H3,(H,29,33)(H,30,34). The zero-order chi connectivity index (χ0) is 24.4. The normalized spacial score (nSPS) is 13.8. The van der Waals surface area contributed by atoms with Crippen LogP contribution in [0.15, 0.2) is 77.2 Å². The van der Waals surface area contributed by atoms with E-state index in [1.807, 2.05) is 62.4 Å². The average molecular weight is 467 g/mol. The molecule has 0 radical (unpaired) electrons. The maximum Gasteiger partial charge on any atom is 0.251 e. The van der Waals surface area contributed by atoms with Crippen molar-refractivity contribution < 1.29 is 14.0 Å². The smallest absolute Gasteiger partial charge is 0.251 e. The summed E-state index contributed by atoms with van der Waals surface area (Å²) < 4.78 is 5.83. The molecule has 3 aromatic carbocycles. The second-order valence-corrected chi connectivity index (χ2v) is 8.94. The predicted molar refractivity (Wildman–Crippen MR) is 134 cm³/mol. The third kappa shape index (κ3) is 5.30. The van der Waals surface area contributed by atoms with Crippen molar-refractivity contribution in [3.8, 4) is 22.9 Å². The van der Waals surface area contributed by atoms with E-state index >= 15 is 0 Å². The van der Waals surface area contributed by atoms with Gasteiger partial charge in [0.05, 0.1) is 6.04 Å². The van der Waals surface area contributed by atoms with Gasteiger partial charge in [-0.3, -0.25) is 9.59 Å². The van der Waals surface area contributed by atoms with E-state index in [1.54, 1.807) is 24.3 Å². The number of aryl methyl sites for hydroxylation is 1. The van der Waals surface area contributed by atoms with Crippen molar-refractivity contribution in [2.24, 2.45) is 5.92 Å². The van der Waals surface area contributed by atoms with Crippen LogP contribution in [0, 0.1) is 12.8 Å². The van der Waals surface area contributed by atoms with Crippen molar-refractivity contribution in [3.63, 3.8) is 0 Å². The highest BCUT2D eigenvalue weighted by atomic mass is 16.4. The highest BCUT2D eigenvalue weighted by Gasteiger charge is 2.29. The quantitative estimate of drug-likeness (QED) is 0.372. The monoisotopic (exact) mass is 466 g/mol. The number of rotatable bonds is 7. The molecular weight excluding hydrogens is 440 g/mol. The van der Waals surface area contributed by atoms with Gasteiger partial charge in [-0.25, -0.2) is 0 Å². The van der Waals surface area contributed by atoms with Crippen LogP contribution >= 0.6 is 0 Å². The summed E-state index contributed by atoms with van der Waals surface area (Å²) in [6.07, 6.45) is 1.94. The van der Waals surface area contributed by atoms with E-state index in [-0.39, 0.29) is 23.8 Å². The molecule has 7 heteroatoms. The maximum atomic E-state index is 12.8. The molecule has 2 N–H and O–H groups in total. The van der Waals surface area contributed by atoms with Gasteiger partial charge in [0.15, 0.2) is 0 Å². The van der Waals surface area contributed by atoms with E-state index < -0.39 is 0 Å². The van der Waals surface area contributed by atoms with Crippen LogP contribution in [-0.4, -0.2) is 22.0 Å². The Morgan fingerprint density at radius 3 is 2.26 bits per heavy atom. The summed E-state index contributed by atoms with van der Waals surface area (Å²) in [6, 6.07) is 22.3. The SMILES string of the molecule is Cc1cccc(-c2nnc(-c3ccc(C(=O)NC(C)c4ccc(NC(=O)C5CC5)cc4)cc3)o2)c1. The van der Waals surface area contributed by atoms with Crippen molar-refractivity contribution in [3.05, 3.63) is 89.5 Å². The van der Waals surface area contributed by atoms with Crippen molar-refractivity contribution in [2.75, 3.05) is 5.32 Å². The Bertz CT molecular complexity index is 1360. The highest BCUT2D eigenvalue weighted by Crippen LogP contribution is 2.30. The molecule has 2 amide bonds. The average Bonchev–Trinajstić information content (AvgIpc) is 3.61. The summed E-state index contributed by atoms with van der Waals surface area (Å²) in [7, 11) is 0. The van der Waals surface area contributed by atoms with E-state index in [1.165, 1.54) is 0 Å². The van der Waals surface area contributed by atoms with Gasteiger partial charge in [0.1, 0.15) is 0 Å². The molecule has 176 valence electrons. The van der Waals surface area contributed by atoms with Crippen molar-refractivity contribution in [2.45, 2.75) is 32.7 Å². The Kier molecular flexibility index (Phi) is 6.14.